The second-order valence-corrected chi connectivity index (χ2v) is 6.86. The molecule has 0 spiro atoms. The highest BCUT2D eigenvalue weighted by molar-refractivity contribution is 6.35. The Bertz CT molecular complexity index is 779. The molecule has 4 N–H and O–H groups in total. The normalized spacial score (nSPS) is 11.7. The van der Waals surface area contributed by atoms with E-state index >= 15 is 0 Å². The Labute approximate surface area is 162 Å². The Morgan fingerprint density at radius 2 is 1.81 bits per heavy atom. The first-order valence-electron chi connectivity index (χ1n) is 8.18. The molecule has 3 amide bonds. The SMILES string of the molecule is Cc1ccc([C@H](CC(=O)NCCc2ccc(Cl)cc2Cl)NC(N)=O)cc1. The van der Waals surface area contributed by atoms with E-state index in [1.165, 1.54) is 0 Å². The number of urea groups is 1. The van der Waals surface area contributed by atoms with Crippen LogP contribution < -0.4 is 16.4 Å². The first-order valence-corrected chi connectivity index (χ1v) is 8.94. The summed E-state index contributed by atoms with van der Waals surface area (Å²) in [6.07, 6.45) is 0.681. The Balaban J connectivity index is 1.92. The molecule has 0 unspecified atom stereocenters. The molecule has 7 heteroatoms. The van der Waals surface area contributed by atoms with Crippen LogP contribution in [0, 0.1) is 6.92 Å². The van der Waals surface area contributed by atoms with Crippen LogP contribution in [0.15, 0.2) is 42.5 Å². The van der Waals surface area contributed by atoms with E-state index in [4.69, 9.17) is 28.9 Å². The maximum atomic E-state index is 12.2. The van der Waals surface area contributed by atoms with Gasteiger partial charge in [0, 0.05) is 16.6 Å². The van der Waals surface area contributed by atoms with Crippen molar-refractivity contribution < 1.29 is 9.59 Å². The summed E-state index contributed by atoms with van der Waals surface area (Å²) in [5.41, 5.74) is 8.06. The molecule has 0 aliphatic rings. The average molecular weight is 394 g/mol. The molecule has 0 aliphatic carbocycles. The van der Waals surface area contributed by atoms with Crippen LogP contribution in [-0.4, -0.2) is 18.5 Å². The van der Waals surface area contributed by atoms with Gasteiger partial charge in [-0.05, 0) is 36.6 Å². The minimum atomic E-state index is -0.670. The number of primary amides is 1. The van der Waals surface area contributed by atoms with Gasteiger partial charge in [-0.1, -0.05) is 59.1 Å². The summed E-state index contributed by atoms with van der Waals surface area (Å²) < 4.78 is 0. The highest BCUT2D eigenvalue weighted by Crippen LogP contribution is 2.21. The Kier molecular flexibility index (Phi) is 7.30. The minimum absolute atomic E-state index is 0.0976. The highest BCUT2D eigenvalue weighted by Gasteiger charge is 2.17. The van der Waals surface area contributed by atoms with E-state index in [0.29, 0.717) is 23.0 Å². The number of rotatable bonds is 7. The molecule has 2 rings (SSSR count). The third kappa shape index (κ3) is 6.24. The van der Waals surface area contributed by atoms with Gasteiger partial charge in [-0.15, -0.1) is 0 Å². The highest BCUT2D eigenvalue weighted by atomic mass is 35.5. The average Bonchev–Trinajstić information content (AvgIpc) is 2.56. The van der Waals surface area contributed by atoms with Crippen LogP contribution in [0.5, 0.6) is 0 Å². The number of hydrogen-bond acceptors (Lipinski definition) is 2. The van der Waals surface area contributed by atoms with E-state index in [-0.39, 0.29) is 12.3 Å². The lowest BCUT2D eigenvalue weighted by molar-refractivity contribution is -0.121. The topological polar surface area (TPSA) is 84.2 Å². The van der Waals surface area contributed by atoms with E-state index in [0.717, 1.165) is 16.7 Å². The molecule has 5 nitrogen and oxygen atoms in total. The van der Waals surface area contributed by atoms with Gasteiger partial charge in [-0.25, -0.2) is 4.79 Å². The maximum Gasteiger partial charge on any atom is 0.312 e. The number of carbonyl (C=O) groups is 2. The second kappa shape index (κ2) is 9.46. The van der Waals surface area contributed by atoms with E-state index in [1.54, 1.807) is 12.1 Å². The molecule has 1 atom stereocenters. The largest absolute Gasteiger partial charge is 0.356 e. The summed E-state index contributed by atoms with van der Waals surface area (Å²) in [5.74, 6) is -0.186. The fourth-order valence-electron chi connectivity index (χ4n) is 2.54. The first-order chi connectivity index (χ1) is 12.3. The summed E-state index contributed by atoms with van der Waals surface area (Å²) in [6, 6.07) is 11.7. The predicted octanol–water partition coefficient (Wildman–Crippen LogP) is 3.76. The molecule has 0 saturated heterocycles. The Hall–Kier alpha value is -2.24. The van der Waals surface area contributed by atoms with Crippen molar-refractivity contribution in [3.63, 3.8) is 0 Å². The van der Waals surface area contributed by atoms with E-state index < -0.39 is 12.1 Å². The smallest absolute Gasteiger partial charge is 0.312 e. The molecule has 0 bridgehead atoms. The summed E-state index contributed by atoms with van der Waals surface area (Å²) in [5, 5.41) is 6.59. The van der Waals surface area contributed by atoms with Gasteiger partial charge in [0.15, 0.2) is 0 Å². The van der Waals surface area contributed by atoms with Crippen molar-refractivity contribution in [2.75, 3.05) is 6.54 Å². The molecule has 2 aromatic carbocycles. The third-order valence-electron chi connectivity index (χ3n) is 3.92. The monoisotopic (exact) mass is 393 g/mol. The molecule has 2 aromatic rings. The van der Waals surface area contributed by atoms with Gasteiger partial charge in [-0.2, -0.15) is 0 Å². The molecule has 0 heterocycles. The van der Waals surface area contributed by atoms with Gasteiger partial charge in [-0.3, -0.25) is 4.79 Å². The van der Waals surface area contributed by atoms with E-state index in [1.807, 2.05) is 37.3 Å². The summed E-state index contributed by atoms with van der Waals surface area (Å²) in [6.45, 7) is 2.40. The zero-order chi connectivity index (χ0) is 19.1. The molecule has 26 heavy (non-hydrogen) atoms. The fraction of sp³-hybridized carbons (Fsp3) is 0.263. The molecule has 0 fully saturated rings. The minimum Gasteiger partial charge on any atom is -0.356 e. The lowest BCUT2D eigenvalue weighted by Crippen LogP contribution is -2.37. The number of amides is 3. The molecule has 0 saturated carbocycles. The molecule has 0 radical (unpaired) electrons. The molecule has 138 valence electrons. The quantitative estimate of drug-likeness (QED) is 0.668. The number of nitrogens with one attached hydrogen (secondary N) is 2. The van der Waals surface area contributed by atoms with Crippen LogP contribution in [0.1, 0.15) is 29.2 Å². The van der Waals surface area contributed by atoms with E-state index in [2.05, 4.69) is 10.6 Å². The lowest BCUT2D eigenvalue weighted by atomic mass is 10.0. The molecule has 0 aliphatic heterocycles. The van der Waals surface area contributed by atoms with Crippen LogP contribution >= 0.6 is 23.2 Å². The lowest BCUT2D eigenvalue weighted by Gasteiger charge is -2.18. The van der Waals surface area contributed by atoms with Gasteiger partial charge >= 0.3 is 6.03 Å². The molecule has 0 aromatic heterocycles. The van der Waals surface area contributed by atoms with E-state index in [9.17, 15) is 9.59 Å². The fourth-order valence-corrected chi connectivity index (χ4v) is 3.04. The van der Waals surface area contributed by atoms with Crippen molar-refractivity contribution in [3.05, 3.63) is 69.2 Å². The van der Waals surface area contributed by atoms with Crippen LogP contribution in [0.4, 0.5) is 4.79 Å². The van der Waals surface area contributed by atoms with Crippen molar-refractivity contribution in [3.8, 4) is 0 Å². The zero-order valence-electron chi connectivity index (χ0n) is 14.4. The second-order valence-electron chi connectivity index (χ2n) is 6.01. The van der Waals surface area contributed by atoms with Crippen molar-refractivity contribution in [1.82, 2.24) is 10.6 Å². The van der Waals surface area contributed by atoms with Crippen LogP contribution in [-0.2, 0) is 11.2 Å². The van der Waals surface area contributed by atoms with Crippen molar-refractivity contribution in [2.24, 2.45) is 5.73 Å². The van der Waals surface area contributed by atoms with Crippen molar-refractivity contribution >= 4 is 35.1 Å². The van der Waals surface area contributed by atoms with Gasteiger partial charge in [0.05, 0.1) is 12.5 Å². The van der Waals surface area contributed by atoms with Crippen molar-refractivity contribution in [1.29, 1.82) is 0 Å². The van der Waals surface area contributed by atoms with Gasteiger partial charge in [0.1, 0.15) is 0 Å². The summed E-state index contributed by atoms with van der Waals surface area (Å²) in [4.78, 5) is 23.5. The number of aryl methyl sites for hydroxylation is 1. The van der Waals surface area contributed by atoms with Gasteiger partial charge in [0.25, 0.3) is 0 Å². The van der Waals surface area contributed by atoms with Crippen LogP contribution in [0.2, 0.25) is 10.0 Å². The maximum absolute atomic E-state index is 12.2. The Morgan fingerprint density at radius 1 is 1.12 bits per heavy atom. The Morgan fingerprint density at radius 3 is 2.42 bits per heavy atom. The number of halogens is 2. The van der Waals surface area contributed by atoms with Crippen LogP contribution in [0.3, 0.4) is 0 Å². The predicted molar refractivity (Wildman–Crippen MR) is 104 cm³/mol. The van der Waals surface area contributed by atoms with Gasteiger partial charge < -0.3 is 16.4 Å². The van der Waals surface area contributed by atoms with Crippen molar-refractivity contribution in [2.45, 2.75) is 25.8 Å². The van der Waals surface area contributed by atoms with Crippen LogP contribution in [0.25, 0.3) is 0 Å². The number of hydrogen-bond donors (Lipinski definition) is 3. The standard InChI is InChI=1S/C19H21Cl2N3O2/c1-12-2-4-14(5-3-12)17(24-19(22)26)11-18(25)23-9-8-13-6-7-15(20)10-16(13)21/h2-7,10,17H,8-9,11H2,1H3,(H,23,25)(H3,22,24,26)/t17-/m0/s1. The first kappa shape index (κ1) is 20.1. The number of nitrogens with two attached hydrogens (primary N) is 1. The number of carbonyl (C=O) groups excluding carboxylic acids is 2. The summed E-state index contributed by atoms with van der Waals surface area (Å²) in [7, 11) is 0. The number of benzene rings is 2. The summed E-state index contributed by atoms with van der Waals surface area (Å²) >= 11 is 12.0. The zero-order valence-corrected chi connectivity index (χ0v) is 15.9. The van der Waals surface area contributed by atoms with Gasteiger partial charge in [0.2, 0.25) is 5.91 Å². The third-order valence-corrected chi connectivity index (χ3v) is 4.50. The molecular formula is C19H21Cl2N3O2. The molecular weight excluding hydrogens is 373 g/mol.